The molecule has 5 rings (SSSR count). The Hall–Kier alpha value is -2.73. The van der Waals surface area contributed by atoms with Crippen LogP contribution in [0.2, 0.25) is 10.0 Å². The highest BCUT2D eigenvalue weighted by molar-refractivity contribution is 8.04. The smallest absolute Gasteiger partial charge is 0.272 e. The van der Waals surface area contributed by atoms with E-state index in [1.807, 2.05) is 49.4 Å². The third kappa shape index (κ3) is 3.43. The van der Waals surface area contributed by atoms with Crippen LogP contribution < -0.4 is 10.2 Å². The fourth-order valence-electron chi connectivity index (χ4n) is 3.86. The highest BCUT2D eigenvalue weighted by atomic mass is 35.5. The molecule has 0 unspecified atom stereocenters. The highest BCUT2D eigenvalue weighted by Gasteiger charge is 2.45. The number of imide groups is 1. The maximum Gasteiger partial charge on any atom is 0.272 e. The number of hydrogen-bond acceptors (Lipinski definition) is 4. The Labute approximate surface area is 193 Å². The predicted molar refractivity (Wildman–Crippen MR) is 126 cm³/mol. The van der Waals surface area contributed by atoms with Gasteiger partial charge in [0.05, 0.1) is 22.2 Å². The largest absolute Gasteiger partial charge is 0.373 e. The molecule has 0 spiro atoms. The van der Waals surface area contributed by atoms with E-state index < -0.39 is 6.04 Å². The number of carbonyl (C=O) groups is 2. The van der Waals surface area contributed by atoms with Crippen molar-refractivity contribution >= 4 is 58.2 Å². The van der Waals surface area contributed by atoms with E-state index in [0.29, 0.717) is 31.8 Å². The van der Waals surface area contributed by atoms with Gasteiger partial charge in [-0.25, -0.2) is 4.90 Å². The van der Waals surface area contributed by atoms with E-state index in [2.05, 4.69) is 5.32 Å². The Morgan fingerprint density at radius 2 is 1.74 bits per heavy atom. The first-order chi connectivity index (χ1) is 14.9. The molecule has 0 aromatic heterocycles. The number of nitrogens with zero attached hydrogens (tertiary/aromatic N) is 1. The van der Waals surface area contributed by atoms with Crippen LogP contribution >= 0.6 is 35.0 Å². The number of thioether (sulfide) groups is 1. The number of para-hydroxylation sites is 1. The van der Waals surface area contributed by atoms with Gasteiger partial charge in [0, 0.05) is 20.6 Å². The first kappa shape index (κ1) is 20.2. The van der Waals surface area contributed by atoms with Gasteiger partial charge in [0.25, 0.3) is 11.8 Å². The lowest BCUT2D eigenvalue weighted by molar-refractivity contribution is -0.120. The summed E-state index contributed by atoms with van der Waals surface area (Å²) in [6.45, 7) is 1.93. The standard InChI is InChI=1S/C24H16Cl2N2O2S/c1-13-5-4-6-15(11-13)28-23(29)20-21(16-10-9-14(25)12-17(16)26)27-18-7-2-3-8-19(18)31-22(20)24(28)30/h2-12,21,27H,1H3/t21-/m1/s1. The van der Waals surface area contributed by atoms with Crippen molar-refractivity contribution in [1.29, 1.82) is 0 Å². The van der Waals surface area contributed by atoms with E-state index in [0.717, 1.165) is 16.1 Å². The number of halogens is 2. The molecule has 0 aliphatic carbocycles. The van der Waals surface area contributed by atoms with Gasteiger partial charge in [0.15, 0.2) is 0 Å². The first-order valence-electron chi connectivity index (χ1n) is 9.62. The molecule has 7 heteroatoms. The number of amides is 2. The lowest BCUT2D eigenvalue weighted by Crippen LogP contribution is -2.33. The van der Waals surface area contributed by atoms with Crippen LogP contribution in [0.4, 0.5) is 11.4 Å². The molecule has 2 aliphatic rings. The molecule has 1 N–H and O–H groups in total. The lowest BCUT2D eigenvalue weighted by atomic mass is 9.98. The molecule has 154 valence electrons. The number of carbonyl (C=O) groups excluding carboxylic acids is 2. The van der Waals surface area contributed by atoms with E-state index in [1.165, 1.54) is 16.7 Å². The van der Waals surface area contributed by atoms with E-state index in [4.69, 9.17) is 23.2 Å². The molecule has 3 aromatic carbocycles. The molecule has 2 heterocycles. The molecule has 0 fully saturated rings. The van der Waals surface area contributed by atoms with E-state index in [-0.39, 0.29) is 11.8 Å². The molecule has 2 amide bonds. The molecule has 4 nitrogen and oxygen atoms in total. The Morgan fingerprint density at radius 3 is 2.52 bits per heavy atom. The zero-order chi connectivity index (χ0) is 21.7. The third-order valence-corrected chi connectivity index (χ3v) is 7.03. The normalized spacial score (nSPS) is 17.9. The zero-order valence-electron chi connectivity index (χ0n) is 16.4. The molecule has 0 radical (unpaired) electrons. The highest BCUT2D eigenvalue weighted by Crippen LogP contribution is 2.49. The van der Waals surface area contributed by atoms with Crippen molar-refractivity contribution in [2.75, 3.05) is 10.2 Å². The van der Waals surface area contributed by atoms with Gasteiger partial charge >= 0.3 is 0 Å². The van der Waals surface area contributed by atoms with Gasteiger partial charge in [0.1, 0.15) is 0 Å². The fourth-order valence-corrected chi connectivity index (χ4v) is 5.48. The second-order valence-corrected chi connectivity index (χ2v) is 9.26. The van der Waals surface area contributed by atoms with Crippen LogP contribution in [0, 0.1) is 6.92 Å². The quantitative estimate of drug-likeness (QED) is 0.444. The van der Waals surface area contributed by atoms with Gasteiger partial charge in [-0.1, -0.05) is 65.3 Å². The molecule has 0 bridgehead atoms. The van der Waals surface area contributed by atoms with Crippen LogP contribution in [0.25, 0.3) is 0 Å². The van der Waals surface area contributed by atoms with E-state index >= 15 is 0 Å². The van der Waals surface area contributed by atoms with Crippen molar-refractivity contribution < 1.29 is 9.59 Å². The van der Waals surface area contributed by atoms with Crippen LogP contribution in [-0.2, 0) is 9.59 Å². The zero-order valence-corrected chi connectivity index (χ0v) is 18.7. The Morgan fingerprint density at radius 1 is 0.935 bits per heavy atom. The van der Waals surface area contributed by atoms with Crippen LogP contribution in [0.1, 0.15) is 17.2 Å². The van der Waals surface area contributed by atoms with Gasteiger partial charge in [-0.3, -0.25) is 9.59 Å². The molecule has 3 aromatic rings. The summed E-state index contributed by atoms with van der Waals surface area (Å²) in [6, 6.07) is 19.6. The fraction of sp³-hybridized carbons (Fsp3) is 0.0833. The average Bonchev–Trinajstić information content (AvgIpc) is 2.87. The molecule has 0 saturated heterocycles. The summed E-state index contributed by atoms with van der Waals surface area (Å²) >= 11 is 13.9. The summed E-state index contributed by atoms with van der Waals surface area (Å²) in [5.74, 6) is -0.682. The number of anilines is 2. The minimum absolute atomic E-state index is 0.329. The number of nitrogens with one attached hydrogen (secondary N) is 1. The van der Waals surface area contributed by atoms with Crippen LogP contribution in [-0.4, -0.2) is 11.8 Å². The number of rotatable bonds is 2. The van der Waals surface area contributed by atoms with Crippen molar-refractivity contribution in [3.63, 3.8) is 0 Å². The second kappa shape index (κ2) is 7.75. The molecule has 1 atom stereocenters. The topological polar surface area (TPSA) is 49.4 Å². The summed E-state index contributed by atoms with van der Waals surface area (Å²) in [7, 11) is 0. The van der Waals surface area contributed by atoms with Crippen molar-refractivity contribution in [3.8, 4) is 0 Å². The minimum Gasteiger partial charge on any atom is -0.373 e. The van der Waals surface area contributed by atoms with Crippen molar-refractivity contribution in [2.24, 2.45) is 0 Å². The SMILES string of the molecule is Cc1cccc(N2C(=O)C3=C(C2=O)[C@@H](c2ccc(Cl)cc2Cl)Nc2ccccc2S3)c1. The Bertz CT molecular complexity index is 1290. The molecular formula is C24H16Cl2N2O2S. The molecule has 0 saturated carbocycles. The van der Waals surface area contributed by atoms with Crippen molar-refractivity contribution in [3.05, 3.63) is 98.4 Å². The second-order valence-electron chi connectivity index (χ2n) is 7.37. The van der Waals surface area contributed by atoms with Gasteiger partial charge in [-0.05, 0) is 54.4 Å². The number of hydrogen-bond donors (Lipinski definition) is 1. The molecule has 2 aliphatic heterocycles. The molecule has 31 heavy (non-hydrogen) atoms. The van der Waals surface area contributed by atoms with Gasteiger partial charge < -0.3 is 5.32 Å². The lowest BCUT2D eigenvalue weighted by Gasteiger charge is -2.23. The average molecular weight is 467 g/mol. The van der Waals surface area contributed by atoms with Crippen molar-refractivity contribution in [2.45, 2.75) is 17.9 Å². The summed E-state index contributed by atoms with van der Waals surface area (Å²) in [5.41, 5.74) is 3.42. The van der Waals surface area contributed by atoms with Gasteiger partial charge in [-0.2, -0.15) is 0 Å². The summed E-state index contributed by atoms with van der Waals surface area (Å²) in [4.78, 5) is 29.7. The monoisotopic (exact) mass is 466 g/mol. The summed E-state index contributed by atoms with van der Waals surface area (Å²) < 4.78 is 0. The van der Waals surface area contributed by atoms with E-state index in [1.54, 1.807) is 24.3 Å². The molecular weight excluding hydrogens is 451 g/mol. The minimum atomic E-state index is -0.595. The number of fused-ring (bicyclic) bond motifs is 1. The van der Waals surface area contributed by atoms with Crippen LogP contribution in [0.15, 0.2) is 82.1 Å². The van der Waals surface area contributed by atoms with E-state index in [9.17, 15) is 9.59 Å². The Balaban J connectivity index is 1.69. The van der Waals surface area contributed by atoms with Crippen LogP contribution in [0.3, 0.4) is 0 Å². The Kier molecular flexibility index (Phi) is 5.05. The predicted octanol–water partition coefficient (Wildman–Crippen LogP) is 6.39. The first-order valence-corrected chi connectivity index (χ1v) is 11.2. The van der Waals surface area contributed by atoms with Gasteiger partial charge in [-0.15, -0.1) is 0 Å². The van der Waals surface area contributed by atoms with Crippen molar-refractivity contribution in [1.82, 2.24) is 0 Å². The summed E-state index contributed by atoms with van der Waals surface area (Å²) in [6.07, 6.45) is 0. The van der Waals surface area contributed by atoms with Crippen LogP contribution in [0.5, 0.6) is 0 Å². The number of aryl methyl sites for hydroxylation is 1. The third-order valence-electron chi connectivity index (χ3n) is 5.30. The maximum absolute atomic E-state index is 13.7. The number of benzene rings is 3. The summed E-state index contributed by atoms with van der Waals surface area (Å²) in [5, 5.41) is 4.36. The maximum atomic E-state index is 13.7. The van der Waals surface area contributed by atoms with Gasteiger partial charge in [0.2, 0.25) is 0 Å².